The Kier molecular flexibility index (Phi) is 4.07. The third kappa shape index (κ3) is 2.87. The van der Waals surface area contributed by atoms with Gasteiger partial charge in [0.2, 0.25) is 0 Å². The van der Waals surface area contributed by atoms with Gasteiger partial charge in [-0.3, -0.25) is 20.9 Å². The Balaban J connectivity index is 1.80. The number of fused-ring (bicyclic) bond motifs is 1. The van der Waals surface area contributed by atoms with Gasteiger partial charge in [0, 0.05) is 24.7 Å². The highest BCUT2D eigenvalue weighted by Gasteiger charge is 2.35. The number of non-ortho nitro benzene ring substituents is 1. The van der Waals surface area contributed by atoms with Crippen molar-refractivity contribution < 1.29 is 4.92 Å². The molecular formula is C15H22N4O2. The van der Waals surface area contributed by atoms with E-state index in [2.05, 4.69) is 10.3 Å². The van der Waals surface area contributed by atoms with Crippen LogP contribution in [0.5, 0.6) is 0 Å². The van der Waals surface area contributed by atoms with E-state index in [1.165, 1.54) is 38.2 Å². The Morgan fingerprint density at radius 3 is 2.90 bits per heavy atom. The molecule has 3 N–H and O–H groups in total. The van der Waals surface area contributed by atoms with Crippen molar-refractivity contribution in [3.8, 4) is 0 Å². The van der Waals surface area contributed by atoms with Gasteiger partial charge in [0.15, 0.2) is 0 Å². The van der Waals surface area contributed by atoms with Gasteiger partial charge in [0.1, 0.15) is 0 Å². The van der Waals surface area contributed by atoms with Crippen LogP contribution in [0.1, 0.15) is 37.7 Å². The molecule has 1 saturated carbocycles. The predicted octanol–water partition coefficient (Wildman–Crippen LogP) is 2.64. The zero-order chi connectivity index (χ0) is 14.8. The van der Waals surface area contributed by atoms with Crippen LogP contribution in [0.2, 0.25) is 0 Å². The number of nitro benzene ring substituents is 1. The Morgan fingerprint density at radius 2 is 2.14 bits per heavy atom. The SMILES string of the molecule is NNc1ccc([N+](=O)[O-])cc1CN1CCC2CCCCC21. The van der Waals surface area contributed by atoms with Gasteiger partial charge in [-0.1, -0.05) is 12.8 Å². The van der Waals surface area contributed by atoms with Crippen LogP contribution in [0.3, 0.4) is 0 Å². The summed E-state index contributed by atoms with van der Waals surface area (Å²) in [5.74, 6) is 6.36. The fourth-order valence-corrected chi connectivity index (χ4v) is 3.88. The zero-order valence-corrected chi connectivity index (χ0v) is 12.1. The molecular weight excluding hydrogens is 268 g/mol. The molecule has 2 fully saturated rings. The molecule has 2 atom stereocenters. The quantitative estimate of drug-likeness (QED) is 0.506. The van der Waals surface area contributed by atoms with E-state index in [0.29, 0.717) is 6.04 Å². The number of hydrogen-bond donors (Lipinski definition) is 2. The first-order valence-electron chi connectivity index (χ1n) is 7.67. The fourth-order valence-electron chi connectivity index (χ4n) is 3.88. The monoisotopic (exact) mass is 290 g/mol. The molecule has 1 aliphatic carbocycles. The lowest BCUT2D eigenvalue weighted by Gasteiger charge is -2.32. The van der Waals surface area contributed by atoms with Gasteiger partial charge in [-0.15, -0.1) is 0 Å². The molecule has 6 nitrogen and oxygen atoms in total. The number of nitrogen functional groups attached to an aromatic ring is 1. The molecule has 0 amide bonds. The smallest absolute Gasteiger partial charge is 0.269 e. The summed E-state index contributed by atoms with van der Waals surface area (Å²) >= 11 is 0. The number of nitrogens with one attached hydrogen (secondary N) is 1. The van der Waals surface area contributed by atoms with Gasteiger partial charge in [-0.05, 0) is 43.4 Å². The number of nitrogens with two attached hydrogens (primary N) is 1. The van der Waals surface area contributed by atoms with E-state index in [1.807, 2.05) is 0 Å². The van der Waals surface area contributed by atoms with Gasteiger partial charge in [0.05, 0.1) is 10.6 Å². The predicted molar refractivity (Wildman–Crippen MR) is 81.7 cm³/mol. The van der Waals surface area contributed by atoms with Crippen molar-refractivity contribution in [3.63, 3.8) is 0 Å². The highest BCUT2D eigenvalue weighted by atomic mass is 16.6. The second-order valence-corrected chi connectivity index (χ2v) is 6.11. The molecule has 0 radical (unpaired) electrons. The second-order valence-electron chi connectivity index (χ2n) is 6.11. The first kappa shape index (κ1) is 14.3. The second kappa shape index (κ2) is 5.99. The van der Waals surface area contributed by atoms with E-state index in [4.69, 9.17) is 5.84 Å². The third-order valence-electron chi connectivity index (χ3n) is 4.95. The zero-order valence-electron chi connectivity index (χ0n) is 12.1. The highest BCUT2D eigenvalue weighted by Crippen LogP contribution is 2.37. The lowest BCUT2D eigenvalue weighted by atomic mass is 9.85. The maximum Gasteiger partial charge on any atom is 0.269 e. The van der Waals surface area contributed by atoms with Crippen LogP contribution < -0.4 is 11.3 Å². The molecule has 6 heteroatoms. The minimum Gasteiger partial charge on any atom is -0.324 e. The van der Waals surface area contributed by atoms with Gasteiger partial charge >= 0.3 is 0 Å². The molecule has 3 rings (SSSR count). The van der Waals surface area contributed by atoms with Crippen LogP contribution in [0.25, 0.3) is 0 Å². The molecule has 2 unspecified atom stereocenters. The summed E-state index contributed by atoms with van der Waals surface area (Å²) in [6.07, 6.45) is 6.49. The summed E-state index contributed by atoms with van der Waals surface area (Å²) in [5.41, 5.74) is 4.48. The first-order chi connectivity index (χ1) is 10.2. The summed E-state index contributed by atoms with van der Waals surface area (Å²) in [7, 11) is 0. The number of rotatable bonds is 4. The summed E-state index contributed by atoms with van der Waals surface area (Å²) in [6, 6.07) is 5.47. The van der Waals surface area contributed by atoms with Gasteiger partial charge in [-0.2, -0.15) is 0 Å². The molecule has 1 aromatic carbocycles. The Bertz CT molecular complexity index is 534. The summed E-state index contributed by atoms with van der Waals surface area (Å²) in [5, 5.41) is 11.0. The van der Waals surface area contributed by atoms with Crippen molar-refractivity contribution in [2.24, 2.45) is 11.8 Å². The van der Waals surface area contributed by atoms with Crippen LogP contribution >= 0.6 is 0 Å². The summed E-state index contributed by atoms with van der Waals surface area (Å²) < 4.78 is 0. The number of likely N-dealkylation sites (tertiary alicyclic amines) is 1. The van der Waals surface area contributed by atoms with E-state index < -0.39 is 0 Å². The molecule has 1 heterocycles. The minimum atomic E-state index is -0.350. The number of hydrogen-bond acceptors (Lipinski definition) is 5. The summed E-state index contributed by atoms with van der Waals surface area (Å²) in [4.78, 5) is 13.1. The van der Waals surface area contributed by atoms with Crippen molar-refractivity contribution in [2.75, 3.05) is 12.0 Å². The van der Waals surface area contributed by atoms with Crippen molar-refractivity contribution in [1.29, 1.82) is 0 Å². The maximum absolute atomic E-state index is 11.0. The Morgan fingerprint density at radius 1 is 1.33 bits per heavy atom. The molecule has 0 bridgehead atoms. The van der Waals surface area contributed by atoms with Crippen LogP contribution in [0.4, 0.5) is 11.4 Å². The van der Waals surface area contributed by atoms with Crippen LogP contribution in [-0.2, 0) is 6.54 Å². The highest BCUT2D eigenvalue weighted by molar-refractivity contribution is 5.55. The average molecular weight is 290 g/mol. The van der Waals surface area contributed by atoms with E-state index in [0.717, 1.165) is 30.3 Å². The standard InChI is InChI=1S/C15H22N4O2/c16-17-14-6-5-13(19(20)21)9-12(14)10-18-8-7-11-3-1-2-4-15(11)18/h5-6,9,11,15,17H,1-4,7-8,10,16H2. The third-order valence-corrected chi connectivity index (χ3v) is 4.95. The van der Waals surface area contributed by atoms with Crippen molar-refractivity contribution in [3.05, 3.63) is 33.9 Å². The van der Waals surface area contributed by atoms with E-state index in [9.17, 15) is 10.1 Å². The Labute approximate surface area is 124 Å². The Hall–Kier alpha value is -1.66. The molecule has 21 heavy (non-hydrogen) atoms. The minimum absolute atomic E-state index is 0.128. The summed E-state index contributed by atoms with van der Waals surface area (Å²) in [6.45, 7) is 1.82. The van der Waals surface area contributed by atoms with Gasteiger partial charge in [-0.25, -0.2) is 0 Å². The number of nitrogens with zero attached hydrogens (tertiary/aromatic N) is 2. The molecule has 1 saturated heterocycles. The fraction of sp³-hybridized carbons (Fsp3) is 0.600. The topological polar surface area (TPSA) is 84.4 Å². The van der Waals surface area contributed by atoms with Crippen LogP contribution in [0, 0.1) is 16.0 Å². The number of nitro groups is 1. The van der Waals surface area contributed by atoms with Crippen molar-refractivity contribution >= 4 is 11.4 Å². The normalized spacial score (nSPS) is 25.6. The largest absolute Gasteiger partial charge is 0.324 e. The number of benzene rings is 1. The van der Waals surface area contributed by atoms with Crippen LogP contribution in [0.15, 0.2) is 18.2 Å². The molecule has 114 valence electrons. The lowest BCUT2D eigenvalue weighted by Crippen LogP contribution is -2.34. The number of anilines is 1. The van der Waals surface area contributed by atoms with Crippen molar-refractivity contribution in [2.45, 2.75) is 44.7 Å². The van der Waals surface area contributed by atoms with E-state index in [1.54, 1.807) is 12.1 Å². The number of hydrazine groups is 1. The maximum atomic E-state index is 11.0. The molecule has 1 aliphatic heterocycles. The molecule has 0 aromatic heterocycles. The van der Waals surface area contributed by atoms with Crippen molar-refractivity contribution in [1.82, 2.24) is 4.90 Å². The molecule has 2 aliphatic rings. The first-order valence-corrected chi connectivity index (χ1v) is 7.67. The van der Waals surface area contributed by atoms with Gasteiger partial charge < -0.3 is 5.43 Å². The van der Waals surface area contributed by atoms with E-state index in [-0.39, 0.29) is 10.6 Å². The molecule has 1 aromatic rings. The van der Waals surface area contributed by atoms with E-state index >= 15 is 0 Å². The van der Waals surface area contributed by atoms with Gasteiger partial charge in [0.25, 0.3) is 5.69 Å². The lowest BCUT2D eigenvalue weighted by molar-refractivity contribution is -0.384. The average Bonchev–Trinajstić information content (AvgIpc) is 2.90. The molecule has 0 spiro atoms. The van der Waals surface area contributed by atoms with Crippen LogP contribution in [-0.4, -0.2) is 22.4 Å².